The molecule has 2 N–H and O–H groups in total. The number of hydrogen-bond donors (Lipinski definition) is 2. The minimum Gasteiger partial charge on any atom is -0.490 e. The van der Waals surface area contributed by atoms with E-state index in [9.17, 15) is 4.79 Å². The molecule has 0 bridgehead atoms. The molecule has 2 rings (SSSR count). The fraction of sp³-hybridized carbons (Fsp3) is 0.588. The van der Waals surface area contributed by atoms with Gasteiger partial charge >= 0.3 is 0 Å². The monoisotopic (exact) mass is 306 g/mol. The Bertz CT molecular complexity index is 491. The third-order valence-electron chi connectivity index (χ3n) is 3.70. The summed E-state index contributed by atoms with van der Waals surface area (Å²) in [4.78, 5) is 11.9. The lowest BCUT2D eigenvalue weighted by Crippen LogP contribution is -2.42. The van der Waals surface area contributed by atoms with Gasteiger partial charge in [0, 0.05) is 13.1 Å². The molecule has 5 nitrogen and oxygen atoms in total. The summed E-state index contributed by atoms with van der Waals surface area (Å²) in [6, 6.07) is 5.81. The molecule has 0 saturated carbocycles. The van der Waals surface area contributed by atoms with E-state index >= 15 is 0 Å². The SMILES string of the molecule is CCOc1ccc(CNC2CCCCNC2=O)cc1OCC. The number of ether oxygens (including phenoxy) is 2. The first-order valence-corrected chi connectivity index (χ1v) is 8.14. The predicted octanol–water partition coefficient (Wildman–Crippen LogP) is 2.24. The highest BCUT2D eigenvalue weighted by Crippen LogP contribution is 2.28. The Kier molecular flexibility index (Phi) is 6.52. The Balaban J connectivity index is 1.99. The molecule has 1 fully saturated rings. The molecule has 22 heavy (non-hydrogen) atoms. The zero-order chi connectivity index (χ0) is 15.8. The van der Waals surface area contributed by atoms with Crippen molar-refractivity contribution in [1.82, 2.24) is 10.6 Å². The van der Waals surface area contributed by atoms with Gasteiger partial charge in [-0.3, -0.25) is 4.79 Å². The fourth-order valence-corrected chi connectivity index (χ4v) is 2.58. The van der Waals surface area contributed by atoms with Crippen LogP contribution in [-0.4, -0.2) is 31.7 Å². The van der Waals surface area contributed by atoms with Crippen molar-refractivity contribution in [3.05, 3.63) is 23.8 Å². The number of carbonyl (C=O) groups excluding carboxylic acids is 1. The summed E-state index contributed by atoms with van der Waals surface area (Å²) < 4.78 is 11.2. The van der Waals surface area contributed by atoms with Crippen LogP contribution in [0.3, 0.4) is 0 Å². The second-order valence-corrected chi connectivity index (χ2v) is 5.37. The van der Waals surface area contributed by atoms with Crippen molar-refractivity contribution in [3.63, 3.8) is 0 Å². The number of nitrogens with one attached hydrogen (secondary N) is 2. The smallest absolute Gasteiger partial charge is 0.237 e. The second kappa shape index (κ2) is 8.63. The molecule has 1 aromatic rings. The molecule has 1 amide bonds. The Morgan fingerprint density at radius 3 is 2.73 bits per heavy atom. The van der Waals surface area contributed by atoms with Crippen LogP contribution in [0.2, 0.25) is 0 Å². The van der Waals surface area contributed by atoms with Gasteiger partial charge in [0.2, 0.25) is 5.91 Å². The molecule has 1 aromatic carbocycles. The van der Waals surface area contributed by atoms with E-state index in [0.29, 0.717) is 19.8 Å². The van der Waals surface area contributed by atoms with E-state index in [0.717, 1.165) is 42.9 Å². The third-order valence-corrected chi connectivity index (χ3v) is 3.70. The van der Waals surface area contributed by atoms with E-state index in [-0.39, 0.29) is 11.9 Å². The number of benzene rings is 1. The first-order valence-electron chi connectivity index (χ1n) is 8.14. The highest BCUT2D eigenvalue weighted by molar-refractivity contribution is 5.81. The summed E-state index contributed by atoms with van der Waals surface area (Å²) in [5, 5.41) is 6.28. The summed E-state index contributed by atoms with van der Waals surface area (Å²) in [5.41, 5.74) is 1.09. The van der Waals surface area contributed by atoms with E-state index in [1.165, 1.54) is 0 Å². The van der Waals surface area contributed by atoms with E-state index in [4.69, 9.17) is 9.47 Å². The van der Waals surface area contributed by atoms with Crippen molar-refractivity contribution in [3.8, 4) is 11.5 Å². The number of amides is 1. The molecule has 1 heterocycles. The molecular formula is C17H26N2O3. The van der Waals surface area contributed by atoms with Crippen molar-refractivity contribution in [1.29, 1.82) is 0 Å². The summed E-state index contributed by atoms with van der Waals surface area (Å²) in [6.07, 6.45) is 3.02. The van der Waals surface area contributed by atoms with Gasteiger partial charge in [-0.05, 0) is 50.8 Å². The van der Waals surface area contributed by atoms with Gasteiger partial charge in [0.25, 0.3) is 0 Å². The fourth-order valence-electron chi connectivity index (χ4n) is 2.58. The minimum absolute atomic E-state index is 0.105. The van der Waals surface area contributed by atoms with Crippen LogP contribution in [0.5, 0.6) is 11.5 Å². The van der Waals surface area contributed by atoms with Crippen molar-refractivity contribution >= 4 is 5.91 Å². The first kappa shape index (κ1) is 16.6. The number of rotatable bonds is 7. The standard InChI is InChI=1S/C17H26N2O3/c1-3-21-15-9-8-13(11-16(15)22-4-2)12-19-14-7-5-6-10-18-17(14)20/h8-9,11,14,19H,3-7,10,12H2,1-2H3,(H,18,20). The molecule has 122 valence electrons. The molecule has 1 atom stereocenters. The number of carbonyl (C=O) groups is 1. The zero-order valence-electron chi connectivity index (χ0n) is 13.5. The topological polar surface area (TPSA) is 59.6 Å². The van der Waals surface area contributed by atoms with Crippen molar-refractivity contribution in [2.75, 3.05) is 19.8 Å². The van der Waals surface area contributed by atoms with E-state index in [2.05, 4.69) is 10.6 Å². The lowest BCUT2D eigenvalue weighted by Gasteiger charge is -2.16. The van der Waals surface area contributed by atoms with Crippen LogP contribution in [0.4, 0.5) is 0 Å². The lowest BCUT2D eigenvalue weighted by molar-refractivity contribution is -0.122. The summed E-state index contributed by atoms with van der Waals surface area (Å²) in [5.74, 6) is 1.63. The van der Waals surface area contributed by atoms with Gasteiger partial charge in [-0.1, -0.05) is 6.07 Å². The van der Waals surface area contributed by atoms with Crippen LogP contribution in [0.25, 0.3) is 0 Å². The van der Waals surface area contributed by atoms with Gasteiger partial charge in [-0.25, -0.2) is 0 Å². The molecule has 1 aliphatic heterocycles. The largest absolute Gasteiger partial charge is 0.490 e. The molecule has 1 unspecified atom stereocenters. The van der Waals surface area contributed by atoms with E-state index in [1.807, 2.05) is 32.0 Å². The molecule has 5 heteroatoms. The average Bonchev–Trinajstić information content (AvgIpc) is 2.72. The zero-order valence-corrected chi connectivity index (χ0v) is 13.5. The van der Waals surface area contributed by atoms with Gasteiger partial charge < -0.3 is 20.1 Å². The number of hydrogen-bond acceptors (Lipinski definition) is 4. The highest BCUT2D eigenvalue weighted by Gasteiger charge is 2.19. The van der Waals surface area contributed by atoms with Gasteiger partial charge in [0.15, 0.2) is 11.5 Å². The summed E-state index contributed by atoms with van der Waals surface area (Å²) in [6.45, 7) is 6.55. The van der Waals surface area contributed by atoms with Crippen LogP contribution in [-0.2, 0) is 11.3 Å². The normalized spacial score (nSPS) is 18.5. The summed E-state index contributed by atoms with van der Waals surface area (Å²) in [7, 11) is 0. The van der Waals surface area contributed by atoms with Gasteiger partial charge in [0.05, 0.1) is 19.3 Å². The third kappa shape index (κ3) is 4.63. The van der Waals surface area contributed by atoms with Crippen LogP contribution in [0, 0.1) is 0 Å². The Labute approximate surface area is 132 Å². The Morgan fingerprint density at radius 2 is 1.95 bits per heavy atom. The van der Waals surface area contributed by atoms with Crippen LogP contribution >= 0.6 is 0 Å². The highest BCUT2D eigenvalue weighted by atomic mass is 16.5. The maximum absolute atomic E-state index is 11.9. The maximum atomic E-state index is 11.9. The Morgan fingerprint density at radius 1 is 1.18 bits per heavy atom. The molecule has 1 saturated heterocycles. The van der Waals surface area contributed by atoms with Crippen LogP contribution in [0.1, 0.15) is 38.7 Å². The predicted molar refractivity (Wildman–Crippen MR) is 86.3 cm³/mol. The second-order valence-electron chi connectivity index (χ2n) is 5.37. The molecular weight excluding hydrogens is 280 g/mol. The maximum Gasteiger partial charge on any atom is 0.237 e. The molecule has 0 spiro atoms. The van der Waals surface area contributed by atoms with Gasteiger partial charge in [-0.15, -0.1) is 0 Å². The van der Waals surface area contributed by atoms with Crippen molar-refractivity contribution < 1.29 is 14.3 Å². The van der Waals surface area contributed by atoms with Gasteiger partial charge in [-0.2, -0.15) is 0 Å². The summed E-state index contributed by atoms with van der Waals surface area (Å²) >= 11 is 0. The lowest BCUT2D eigenvalue weighted by atomic mass is 10.1. The van der Waals surface area contributed by atoms with Crippen LogP contribution < -0.4 is 20.1 Å². The van der Waals surface area contributed by atoms with E-state index in [1.54, 1.807) is 0 Å². The Hall–Kier alpha value is -1.75. The van der Waals surface area contributed by atoms with Gasteiger partial charge in [0.1, 0.15) is 0 Å². The molecule has 1 aliphatic rings. The quantitative estimate of drug-likeness (QED) is 0.811. The van der Waals surface area contributed by atoms with Crippen LogP contribution in [0.15, 0.2) is 18.2 Å². The van der Waals surface area contributed by atoms with Crippen molar-refractivity contribution in [2.45, 2.75) is 45.7 Å². The first-order chi connectivity index (χ1) is 10.7. The molecule has 0 radical (unpaired) electrons. The molecule has 0 aromatic heterocycles. The average molecular weight is 306 g/mol. The van der Waals surface area contributed by atoms with E-state index < -0.39 is 0 Å². The van der Waals surface area contributed by atoms with Crippen molar-refractivity contribution in [2.24, 2.45) is 0 Å². The molecule has 0 aliphatic carbocycles. The minimum atomic E-state index is -0.107.